The average molecular weight is 319 g/mol. The molecule has 0 aliphatic heterocycles. The van der Waals surface area contributed by atoms with E-state index in [2.05, 4.69) is 10.0 Å². The van der Waals surface area contributed by atoms with Crippen molar-refractivity contribution in [2.75, 3.05) is 41.7 Å². The first-order valence-electron chi connectivity index (χ1n) is 7.05. The van der Waals surface area contributed by atoms with E-state index in [-0.39, 0.29) is 38.4 Å². The summed E-state index contributed by atoms with van der Waals surface area (Å²) in [6.45, 7) is 2.31. The van der Waals surface area contributed by atoms with Crippen molar-refractivity contribution in [3.8, 4) is 0 Å². The molecule has 0 radical (unpaired) electrons. The van der Waals surface area contributed by atoms with Gasteiger partial charge in [0.2, 0.25) is 0 Å². The Morgan fingerprint density at radius 1 is 0.909 bits per heavy atom. The predicted molar refractivity (Wildman–Crippen MR) is 77.0 cm³/mol. The van der Waals surface area contributed by atoms with E-state index in [0.717, 1.165) is 0 Å². The van der Waals surface area contributed by atoms with Gasteiger partial charge in [-0.3, -0.25) is 0 Å². The minimum absolute atomic E-state index is 0.0698. The third-order valence-electron chi connectivity index (χ3n) is 3.54. The van der Waals surface area contributed by atoms with Gasteiger partial charge in [-0.25, -0.2) is 0 Å². The Kier molecular flexibility index (Phi) is 9.33. The summed E-state index contributed by atoms with van der Waals surface area (Å²) < 4.78 is 32.1. The summed E-state index contributed by atoms with van der Waals surface area (Å²) in [6.07, 6.45) is -0.574. The lowest BCUT2D eigenvalue weighted by molar-refractivity contribution is -0.235. The van der Waals surface area contributed by atoms with Crippen molar-refractivity contribution in [3.05, 3.63) is 10.4 Å². The van der Waals surface area contributed by atoms with Crippen LogP contribution in [-0.4, -0.2) is 66.1 Å². The van der Waals surface area contributed by atoms with E-state index in [4.69, 9.17) is 34.0 Å². The van der Waals surface area contributed by atoms with Gasteiger partial charge in [-0.2, -0.15) is 0 Å². The predicted octanol–water partition coefficient (Wildman–Crippen LogP) is 1.67. The van der Waals surface area contributed by atoms with Crippen LogP contribution in [0.3, 0.4) is 0 Å². The number of hydrogen-bond acceptors (Lipinski definition) is 7. The first-order chi connectivity index (χ1) is 10.7. The molecule has 0 saturated heterocycles. The van der Waals surface area contributed by atoms with Crippen LogP contribution in [0.2, 0.25) is 0 Å². The SMILES string of the molecule is COCO[C@@H]1[C@H](OCOC)[C@H](C)C[C@@H](N=[N+]=[N-])[C@H]1OCOC. The fraction of sp³-hybridized carbons (Fsp3) is 1.00. The van der Waals surface area contributed by atoms with E-state index in [9.17, 15) is 0 Å². The van der Waals surface area contributed by atoms with Crippen LogP contribution in [0.4, 0.5) is 0 Å². The molecule has 128 valence electrons. The summed E-state index contributed by atoms with van der Waals surface area (Å²) in [5.41, 5.74) is 8.77. The van der Waals surface area contributed by atoms with Crippen LogP contribution in [0.15, 0.2) is 5.11 Å². The number of ether oxygens (including phenoxy) is 6. The van der Waals surface area contributed by atoms with Gasteiger partial charge in [-0.1, -0.05) is 12.0 Å². The van der Waals surface area contributed by atoms with Crippen molar-refractivity contribution in [2.24, 2.45) is 11.0 Å². The van der Waals surface area contributed by atoms with Crippen molar-refractivity contribution in [1.29, 1.82) is 0 Å². The molecule has 0 amide bonds. The zero-order valence-electron chi connectivity index (χ0n) is 13.5. The third kappa shape index (κ3) is 5.36. The summed E-state index contributed by atoms with van der Waals surface area (Å²) in [5.74, 6) is 0.106. The number of methoxy groups -OCH3 is 3. The zero-order valence-corrected chi connectivity index (χ0v) is 13.5. The highest BCUT2D eigenvalue weighted by Crippen LogP contribution is 2.33. The number of rotatable bonds is 10. The van der Waals surface area contributed by atoms with Gasteiger partial charge < -0.3 is 28.4 Å². The second kappa shape index (κ2) is 10.7. The molecule has 0 heterocycles. The number of hydrogen-bond donors (Lipinski definition) is 0. The molecule has 9 heteroatoms. The lowest BCUT2D eigenvalue weighted by atomic mass is 9.80. The van der Waals surface area contributed by atoms with Gasteiger partial charge in [0, 0.05) is 26.2 Å². The van der Waals surface area contributed by atoms with Crippen molar-refractivity contribution in [1.82, 2.24) is 0 Å². The molecule has 5 atom stereocenters. The summed E-state index contributed by atoms with van der Waals surface area (Å²) in [7, 11) is 4.62. The Bertz CT molecular complexity index is 353. The maximum atomic E-state index is 8.77. The quantitative estimate of drug-likeness (QED) is 0.262. The summed E-state index contributed by atoms with van der Waals surface area (Å²) in [4.78, 5) is 2.91. The molecule has 0 unspecified atom stereocenters. The number of nitrogens with zero attached hydrogens (tertiary/aromatic N) is 3. The lowest BCUT2D eigenvalue weighted by Gasteiger charge is -2.43. The van der Waals surface area contributed by atoms with Gasteiger partial charge >= 0.3 is 0 Å². The van der Waals surface area contributed by atoms with E-state index in [1.165, 1.54) is 14.2 Å². The van der Waals surface area contributed by atoms with E-state index < -0.39 is 12.2 Å². The molecular weight excluding hydrogens is 294 g/mol. The highest BCUT2D eigenvalue weighted by atomic mass is 16.7. The molecule has 0 spiro atoms. The average Bonchev–Trinajstić information content (AvgIpc) is 2.51. The van der Waals surface area contributed by atoms with E-state index in [0.29, 0.717) is 6.42 Å². The molecule has 22 heavy (non-hydrogen) atoms. The molecule has 0 aromatic heterocycles. The molecule has 0 aromatic rings. The molecule has 0 aromatic carbocycles. The largest absolute Gasteiger partial charge is 0.359 e. The Morgan fingerprint density at radius 2 is 1.41 bits per heavy atom. The van der Waals surface area contributed by atoms with E-state index in [1.807, 2.05) is 6.92 Å². The molecule has 0 N–H and O–H groups in total. The third-order valence-corrected chi connectivity index (χ3v) is 3.54. The highest BCUT2D eigenvalue weighted by Gasteiger charge is 2.45. The fourth-order valence-corrected chi connectivity index (χ4v) is 2.65. The fourth-order valence-electron chi connectivity index (χ4n) is 2.65. The van der Waals surface area contributed by atoms with Gasteiger partial charge in [0.05, 0.1) is 18.2 Å². The molecule has 1 saturated carbocycles. The molecule has 1 aliphatic rings. The first-order valence-corrected chi connectivity index (χ1v) is 7.05. The molecule has 1 rings (SSSR count). The Balaban J connectivity index is 2.93. The summed E-state index contributed by atoms with van der Waals surface area (Å²) >= 11 is 0. The van der Waals surface area contributed by atoms with Crippen molar-refractivity contribution in [3.63, 3.8) is 0 Å². The van der Waals surface area contributed by atoms with Crippen LogP contribution >= 0.6 is 0 Å². The van der Waals surface area contributed by atoms with E-state index >= 15 is 0 Å². The smallest absolute Gasteiger partial charge is 0.146 e. The molecule has 1 aliphatic carbocycles. The zero-order chi connectivity index (χ0) is 16.4. The van der Waals surface area contributed by atoms with Crippen molar-refractivity contribution in [2.45, 2.75) is 37.7 Å². The van der Waals surface area contributed by atoms with Crippen LogP contribution in [0, 0.1) is 5.92 Å². The maximum absolute atomic E-state index is 8.77. The second-order valence-electron chi connectivity index (χ2n) is 5.10. The van der Waals surface area contributed by atoms with Crippen LogP contribution in [0.5, 0.6) is 0 Å². The van der Waals surface area contributed by atoms with Gasteiger partial charge in [-0.15, -0.1) is 0 Å². The first kappa shape index (κ1) is 19.1. The van der Waals surface area contributed by atoms with Crippen molar-refractivity contribution < 1.29 is 28.4 Å². The normalized spacial score (nSPS) is 31.7. The van der Waals surface area contributed by atoms with Gasteiger partial charge in [-0.05, 0) is 17.9 Å². The van der Waals surface area contributed by atoms with Crippen LogP contribution in [0.1, 0.15) is 13.3 Å². The minimum atomic E-state index is -0.482. The minimum Gasteiger partial charge on any atom is -0.359 e. The van der Waals surface area contributed by atoms with Gasteiger partial charge in [0.1, 0.15) is 26.5 Å². The monoisotopic (exact) mass is 319 g/mol. The Morgan fingerprint density at radius 3 is 1.91 bits per heavy atom. The Hall–Kier alpha value is -0.930. The Labute approximate surface area is 130 Å². The van der Waals surface area contributed by atoms with Gasteiger partial charge in [0.25, 0.3) is 0 Å². The standard InChI is InChI=1S/C13H25N3O6/c1-9-5-10(15-16-14)12(21-7-18-3)13(22-8-19-4)11(9)20-6-17-2/h9-13H,5-8H2,1-4H3/t9-,10-,11-,12-,13-/m1/s1. The number of azide groups is 1. The molecule has 1 fully saturated rings. The van der Waals surface area contributed by atoms with E-state index in [1.54, 1.807) is 7.11 Å². The summed E-state index contributed by atoms with van der Waals surface area (Å²) in [6, 6.07) is -0.362. The lowest BCUT2D eigenvalue weighted by Crippen LogP contribution is -2.56. The maximum Gasteiger partial charge on any atom is 0.146 e. The van der Waals surface area contributed by atoms with Crippen molar-refractivity contribution >= 4 is 0 Å². The van der Waals surface area contributed by atoms with Crippen LogP contribution in [-0.2, 0) is 28.4 Å². The van der Waals surface area contributed by atoms with Crippen LogP contribution in [0.25, 0.3) is 10.4 Å². The molecular formula is C13H25N3O6. The molecule has 9 nitrogen and oxygen atoms in total. The topological polar surface area (TPSA) is 104 Å². The summed E-state index contributed by atoms with van der Waals surface area (Å²) in [5, 5.41) is 3.83. The van der Waals surface area contributed by atoms with Crippen LogP contribution < -0.4 is 0 Å². The van der Waals surface area contributed by atoms with Gasteiger partial charge in [0.15, 0.2) is 0 Å². The highest BCUT2D eigenvalue weighted by molar-refractivity contribution is 4.97. The molecule has 0 bridgehead atoms. The second-order valence-corrected chi connectivity index (χ2v) is 5.10.